The zero-order valence-corrected chi connectivity index (χ0v) is 19.3. The van der Waals surface area contributed by atoms with Gasteiger partial charge in [0, 0.05) is 23.7 Å². The standard InChI is InChI=1S/C24H25N3O5S/c1-16-9-11-21(12-10-16)33(31,32)26-22(19-7-5-4-6-8-19)15-24(28)25-20-13-17(2)18(3)23(14-20)27(29)30/h4-14,22,26H,15H2,1-3H3,(H,25,28)/t22-/m0/s1. The van der Waals surface area contributed by atoms with Crippen molar-refractivity contribution in [1.29, 1.82) is 0 Å². The Morgan fingerprint density at radius 3 is 2.24 bits per heavy atom. The highest BCUT2D eigenvalue weighted by molar-refractivity contribution is 7.89. The molecular weight excluding hydrogens is 442 g/mol. The van der Waals surface area contributed by atoms with E-state index >= 15 is 0 Å². The van der Waals surface area contributed by atoms with Gasteiger partial charge in [0.15, 0.2) is 0 Å². The van der Waals surface area contributed by atoms with Crippen molar-refractivity contribution in [1.82, 2.24) is 4.72 Å². The Morgan fingerprint density at radius 2 is 1.64 bits per heavy atom. The van der Waals surface area contributed by atoms with Gasteiger partial charge in [-0.25, -0.2) is 13.1 Å². The van der Waals surface area contributed by atoms with E-state index in [2.05, 4.69) is 10.0 Å². The van der Waals surface area contributed by atoms with Crippen molar-refractivity contribution in [3.63, 3.8) is 0 Å². The molecule has 2 N–H and O–H groups in total. The van der Waals surface area contributed by atoms with Crippen LogP contribution in [0.5, 0.6) is 0 Å². The largest absolute Gasteiger partial charge is 0.326 e. The molecule has 1 amide bonds. The highest BCUT2D eigenvalue weighted by Crippen LogP contribution is 2.27. The van der Waals surface area contributed by atoms with Crippen LogP contribution in [-0.2, 0) is 14.8 Å². The molecule has 0 bridgehead atoms. The van der Waals surface area contributed by atoms with Crippen LogP contribution in [0.3, 0.4) is 0 Å². The van der Waals surface area contributed by atoms with Gasteiger partial charge in [-0.3, -0.25) is 14.9 Å². The molecule has 8 nitrogen and oxygen atoms in total. The lowest BCUT2D eigenvalue weighted by molar-refractivity contribution is -0.385. The summed E-state index contributed by atoms with van der Waals surface area (Å²) in [5.41, 5.74) is 2.92. The second-order valence-electron chi connectivity index (χ2n) is 7.84. The number of sulfonamides is 1. The monoisotopic (exact) mass is 467 g/mol. The number of benzene rings is 3. The maximum atomic E-state index is 13.0. The van der Waals surface area contributed by atoms with Gasteiger partial charge in [-0.2, -0.15) is 0 Å². The second kappa shape index (κ2) is 9.93. The SMILES string of the molecule is Cc1ccc(S(=O)(=O)N[C@@H](CC(=O)Nc2cc(C)c(C)c([N+](=O)[O-])c2)c2ccccc2)cc1. The average molecular weight is 468 g/mol. The lowest BCUT2D eigenvalue weighted by Gasteiger charge is -2.19. The zero-order chi connectivity index (χ0) is 24.2. The van der Waals surface area contributed by atoms with E-state index in [0.29, 0.717) is 16.7 Å². The maximum absolute atomic E-state index is 13.0. The Kier molecular flexibility index (Phi) is 7.25. The van der Waals surface area contributed by atoms with Gasteiger partial charge in [-0.15, -0.1) is 0 Å². The third kappa shape index (κ3) is 6.03. The molecule has 0 radical (unpaired) electrons. The number of amides is 1. The average Bonchev–Trinajstić information content (AvgIpc) is 2.76. The summed E-state index contributed by atoms with van der Waals surface area (Å²) in [6.07, 6.45) is -0.199. The fraction of sp³-hybridized carbons (Fsp3) is 0.208. The number of nitro benzene ring substituents is 1. The van der Waals surface area contributed by atoms with Crippen LogP contribution in [0.15, 0.2) is 71.6 Å². The number of anilines is 1. The van der Waals surface area contributed by atoms with Crippen LogP contribution in [-0.4, -0.2) is 19.2 Å². The van der Waals surface area contributed by atoms with E-state index in [1.165, 1.54) is 18.2 Å². The highest BCUT2D eigenvalue weighted by atomic mass is 32.2. The summed E-state index contributed by atoms with van der Waals surface area (Å²) in [6, 6.07) is 17.3. The molecule has 0 aliphatic rings. The number of rotatable bonds is 8. The van der Waals surface area contributed by atoms with E-state index in [0.717, 1.165) is 5.56 Å². The van der Waals surface area contributed by atoms with Gasteiger partial charge in [0.1, 0.15) is 0 Å². The van der Waals surface area contributed by atoms with E-state index in [9.17, 15) is 23.3 Å². The number of carbonyl (C=O) groups excluding carboxylic acids is 1. The van der Waals surface area contributed by atoms with Crippen molar-refractivity contribution in [3.8, 4) is 0 Å². The first-order chi connectivity index (χ1) is 15.6. The Bertz CT molecular complexity index is 1270. The molecule has 0 aliphatic carbocycles. The first-order valence-electron chi connectivity index (χ1n) is 10.3. The number of hydrogen-bond donors (Lipinski definition) is 2. The number of nitro groups is 1. The third-order valence-corrected chi connectivity index (χ3v) is 6.83. The first-order valence-corrected chi connectivity index (χ1v) is 11.7. The number of carbonyl (C=O) groups is 1. The molecule has 3 aromatic rings. The minimum atomic E-state index is -3.89. The molecule has 9 heteroatoms. The summed E-state index contributed by atoms with van der Waals surface area (Å²) in [5.74, 6) is -0.479. The minimum Gasteiger partial charge on any atom is -0.326 e. The molecule has 172 valence electrons. The molecule has 0 unspecified atom stereocenters. The van der Waals surface area contributed by atoms with Crippen molar-refractivity contribution in [2.75, 3.05) is 5.32 Å². The van der Waals surface area contributed by atoms with Crippen LogP contribution in [0, 0.1) is 30.9 Å². The topological polar surface area (TPSA) is 118 Å². The Hall–Kier alpha value is -3.56. The minimum absolute atomic E-state index is 0.0926. The summed E-state index contributed by atoms with van der Waals surface area (Å²) in [6.45, 7) is 5.23. The Labute approximate surface area is 192 Å². The number of nitrogens with zero attached hydrogens (tertiary/aromatic N) is 1. The van der Waals surface area contributed by atoms with E-state index in [4.69, 9.17) is 0 Å². The predicted molar refractivity (Wildman–Crippen MR) is 127 cm³/mol. The van der Waals surface area contributed by atoms with E-state index in [-0.39, 0.29) is 22.7 Å². The normalized spacial score (nSPS) is 12.2. The molecule has 0 heterocycles. The van der Waals surface area contributed by atoms with Crippen molar-refractivity contribution in [3.05, 3.63) is 99.1 Å². The van der Waals surface area contributed by atoms with E-state index in [1.54, 1.807) is 62.4 Å². The lowest BCUT2D eigenvalue weighted by Crippen LogP contribution is -2.31. The van der Waals surface area contributed by atoms with Gasteiger partial charge in [0.25, 0.3) is 5.69 Å². The molecule has 0 aliphatic heterocycles. The summed E-state index contributed by atoms with van der Waals surface area (Å²) in [4.78, 5) is 23.7. The van der Waals surface area contributed by atoms with E-state index < -0.39 is 26.9 Å². The fourth-order valence-corrected chi connectivity index (χ4v) is 4.61. The van der Waals surface area contributed by atoms with Crippen molar-refractivity contribution in [2.24, 2.45) is 0 Å². The predicted octanol–water partition coefficient (Wildman–Crippen LogP) is 4.57. The Morgan fingerprint density at radius 1 is 1.00 bits per heavy atom. The molecule has 1 atom stereocenters. The van der Waals surface area contributed by atoms with Crippen molar-refractivity contribution in [2.45, 2.75) is 38.1 Å². The maximum Gasteiger partial charge on any atom is 0.274 e. The van der Waals surface area contributed by atoms with Gasteiger partial charge in [0.2, 0.25) is 15.9 Å². The molecule has 0 saturated carbocycles. The van der Waals surface area contributed by atoms with Gasteiger partial charge in [0.05, 0.1) is 15.9 Å². The third-order valence-electron chi connectivity index (χ3n) is 5.34. The van der Waals surface area contributed by atoms with Crippen LogP contribution in [0.2, 0.25) is 0 Å². The summed E-state index contributed by atoms with van der Waals surface area (Å²) < 4.78 is 28.5. The van der Waals surface area contributed by atoms with Gasteiger partial charge in [-0.05, 0) is 50.1 Å². The van der Waals surface area contributed by atoms with Crippen molar-refractivity contribution < 1.29 is 18.1 Å². The van der Waals surface area contributed by atoms with Gasteiger partial charge < -0.3 is 5.32 Å². The van der Waals surface area contributed by atoms with Crippen molar-refractivity contribution >= 4 is 27.3 Å². The van der Waals surface area contributed by atoms with Crippen LogP contribution >= 0.6 is 0 Å². The van der Waals surface area contributed by atoms with Gasteiger partial charge in [-0.1, -0.05) is 48.0 Å². The lowest BCUT2D eigenvalue weighted by atomic mass is 10.0. The number of aryl methyl sites for hydroxylation is 2. The zero-order valence-electron chi connectivity index (χ0n) is 18.5. The smallest absolute Gasteiger partial charge is 0.274 e. The summed E-state index contributed by atoms with van der Waals surface area (Å²) in [7, 11) is -3.89. The number of hydrogen-bond acceptors (Lipinski definition) is 5. The van der Waals surface area contributed by atoms with E-state index in [1.807, 2.05) is 6.92 Å². The molecule has 0 aromatic heterocycles. The molecule has 3 aromatic carbocycles. The molecule has 0 spiro atoms. The second-order valence-corrected chi connectivity index (χ2v) is 9.56. The molecule has 0 saturated heterocycles. The highest BCUT2D eigenvalue weighted by Gasteiger charge is 2.24. The summed E-state index contributed by atoms with van der Waals surface area (Å²) in [5, 5.41) is 14.0. The molecule has 0 fully saturated rings. The van der Waals surface area contributed by atoms with Crippen LogP contribution < -0.4 is 10.0 Å². The quantitative estimate of drug-likeness (QED) is 0.372. The Balaban J connectivity index is 1.85. The van der Waals surface area contributed by atoms with Crippen LogP contribution in [0.25, 0.3) is 0 Å². The fourth-order valence-electron chi connectivity index (χ4n) is 3.39. The molecular formula is C24H25N3O5S. The summed E-state index contributed by atoms with van der Waals surface area (Å²) >= 11 is 0. The first kappa shape index (κ1) is 24.1. The molecule has 33 heavy (non-hydrogen) atoms. The number of nitrogens with one attached hydrogen (secondary N) is 2. The molecule has 3 rings (SSSR count). The van der Waals surface area contributed by atoms with Crippen LogP contribution in [0.4, 0.5) is 11.4 Å². The van der Waals surface area contributed by atoms with Crippen LogP contribution in [0.1, 0.15) is 34.7 Å². The van der Waals surface area contributed by atoms with Gasteiger partial charge >= 0.3 is 0 Å².